The summed E-state index contributed by atoms with van der Waals surface area (Å²) in [7, 11) is 0. The molecular weight excluding hydrogens is 220 g/mol. The van der Waals surface area contributed by atoms with E-state index >= 15 is 0 Å². The standard InChI is InChI=1S/C10H14N6O/c1-7-5-15(3-2-11-7)8-4-9-13-14-10(17)16(9)6-12-8/h4,6-7,11H,2-3,5H2,1H3,(H,14,17)/t7-/m1/s1. The summed E-state index contributed by atoms with van der Waals surface area (Å²) in [6.07, 6.45) is 1.52. The Hall–Kier alpha value is -1.89. The van der Waals surface area contributed by atoms with Gasteiger partial charge in [-0.15, -0.1) is 0 Å². The Morgan fingerprint density at radius 2 is 2.41 bits per heavy atom. The quantitative estimate of drug-likeness (QED) is 0.676. The summed E-state index contributed by atoms with van der Waals surface area (Å²) in [5.74, 6) is 0.866. The van der Waals surface area contributed by atoms with Gasteiger partial charge in [-0.05, 0) is 6.92 Å². The summed E-state index contributed by atoms with van der Waals surface area (Å²) in [5, 5.41) is 9.71. The average Bonchev–Trinajstić information content (AvgIpc) is 2.71. The molecule has 1 aliphatic heterocycles. The fourth-order valence-electron chi connectivity index (χ4n) is 2.11. The van der Waals surface area contributed by atoms with Crippen LogP contribution in [0.2, 0.25) is 0 Å². The van der Waals surface area contributed by atoms with Crippen LogP contribution in [0.4, 0.5) is 5.82 Å². The topological polar surface area (TPSA) is 78.3 Å². The number of hydrogen-bond acceptors (Lipinski definition) is 5. The highest BCUT2D eigenvalue weighted by Gasteiger charge is 2.17. The van der Waals surface area contributed by atoms with Crippen molar-refractivity contribution in [3.63, 3.8) is 0 Å². The van der Waals surface area contributed by atoms with E-state index in [1.165, 1.54) is 10.7 Å². The number of anilines is 1. The molecule has 0 aromatic carbocycles. The Labute approximate surface area is 97.5 Å². The van der Waals surface area contributed by atoms with Gasteiger partial charge in [0, 0.05) is 31.7 Å². The second kappa shape index (κ2) is 3.85. The smallest absolute Gasteiger partial charge is 0.348 e. The van der Waals surface area contributed by atoms with Crippen LogP contribution in [0.3, 0.4) is 0 Å². The van der Waals surface area contributed by atoms with Crippen molar-refractivity contribution in [3.05, 3.63) is 22.9 Å². The molecule has 1 saturated heterocycles. The third-order valence-electron chi connectivity index (χ3n) is 2.99. The first kappa shape index (κ1) is 10.3. The molecule has 1 aliphatic rings. The maximum Gasteiger partial charge on any atom is 0.348 e. The molecule has 17 heavy (non-hydrogen) atoms. The van der Waals surface area contributed by atoms with Gasteiger partial charge < -0.3 is 10.2 Å². The van der Waals surface area contributed by atoms with Crippen LogP contribution in [-0.2, 0) is 0 Å². The normalized spacial score (nSPS) is 21.0. The molecule has 2 aromatic heterocycles. The van der Waals surface area contributed by atoms with Crippen molar-refractivity contribution in [2.45, 2.75) is 13.0 Å². The highest BCUT2D eigenvalue weighted by Crippen LogP contribution is 2.13. The molecule has 7 nitrogen and oxygen atoms in total. The van der Waals surface area contributed by atoms with E-state index in [1.54, 1.807) is 0 Å². The molecule has 3 heterocycles. The Morgan fingerprint density at radius 3 is 3.24 bits per heavy atom. The van der Waals surface area contributed by atoms with Crippen molar-refractivity contribution < 1.29 is 0 Å². The van der Waals surface area contributed by atoms with Crippen LogP contribution in [-0.4, -0.2) is 45.3 Å². The summed E-state index contributed by atoms with van der Waals surface area (Å²) in [6.45, 7) is 4.92. The van der Waals surface area contributed by atoms with Crippen LogP contribution < -0.4 is 15.9 Å². The van der Waals surface area contributed by atoms with E-state index in [9.17, 15) is 4.79 Å². The maximum absolute atomic E-state index is 11.3. The van der Waals surface area contributed by atoms with Crippen LogP contribution >= 0.6 is 0 Å². The van der Waals surface area contributed by atoms with Crippen molar-refractivity contribution in [1.29, 1.82) is 0 Å². The molecule has 0 aliphatic carbocycles. The van der Waals surface area contributed by atoms with Gasteiger partial charge in [0.1, 0.15) is 12.1 Å². The first-order chi connectivity index (χ1) is 8.24. The predicted molar refractivity (Wildman–Crippen MR) is 63.3 cm³/mol. The summed E-state index contributed by atoms with van der Waals surface area (Å²) < 4.78 is 1.40. The van der Waals surface area contributed by atoms with Crippen LogP contribution in [0.1, 0.15) is 6.92 Å². The van der Waals surface area contributed by atoms with Crippen LogP contribution in [0.15, 0.2) is 17.2 Å². The van der Waals surface area contributed by atoms with Crippen molar-refractivity contribution in [3.8, 4) is 0 Å². The van der Waals surface area contributed by atoms with E-state index < -0.39 is 0 Å². The number of aromatic amines is 1. The Balaban J connectivity index is 1.97. The number of rotatable bonds is 1. The summed E-state index contributed by atoms with van der Waals surface area (Å²) in [4.78, 5) is 17.8. The number of nitrogens with one attached hydrogen (secondary N) is 2. The van der Waals surface area contributed by atoms with Gasteiger partial charge in [0.15, 0.2) is 5.65 Å². The second-order valence-corrected chi connectivity index (χ2v) is 4.31. The number of aromatic nitrogens is 4. The Kier molecular flexibility index (Phi) is 2.32. The van der Waals surface area contributed by atoms with Gasteiger partial charge in [0.25, 0.3) is 0 Å². The summed E-state index contributed by atoms with van der Waals surface area (Å²) in [5.41, 5.74) is 0.346. The van der Waals surface area contributed by atoms with Gasteiger partial charge in [0.05, 0.1) is 0 Å². The third kappa shape index (κ3) is 1.78. The van der Waals surface area contributed by atoms with E-state index in [0.29, 0.717) is 11.7 Å². The molecule has 0 amide bonds. The zero-order valence-corrected chi connectivity index (χ0v) is 9.55. The van der Waals surface area contributed by atoms with Gasteiger partial charge in [-0.1, -0.05) is 0 Å². The average molecular weight is 234 g/mol. The van der Waals surface area contributed by atoms with Gasteiger partial charge >= 0.3 is 5.69 Å². The van der Waals surface area contributed by atoms with E-state index in [1.807, 2.05) is 6.07 Å². The van der Waals surface area contributed by atoms with Crippen molar-refractivity contribution >= 4 is 11.5 Å². The zero-order chi connectivity index (χ0) is 11.8. The minimum atomic E-state index is -0.257. The molecule has 0 unspecified atom stereocenters. The fourth-order valence-corrected chi connectivity index (χ4v) is 2.11. The molecule has 0 spiro atoms. The van der Waals surface area contributed by atoms with Crippen molar-refractivity contribution in [1.82, 2.24) is 24.9 Å². The van der Waals surface area contributed by atoms with Crippen LogP contribution in [0.25, 0.3) is 5.65 Å². The minimum Gasteiger partial charge on any atom is -0.354 e. The highest BCUT2D eigenvalue weighted by atomic mass is 16.1. The molecule has 0 bridgehead atoms. The molecule has 90 valence electrons. The third-order valence-corrected chi connectivity index (χ3v) is 2.99. The van der Waals surface area contributed by atoms with E-state index in [-0.39, 0.29) is 5.69 Å². The number of piperazine rings is 1. The van der Waals surface area contributed by atoms with E-state index in [0.717, 1.165) is 25.5 Å². The maximum atomic E-state index is 11.3. The Bertz CT molecular complexity index is 588. The largest absolute Gasteiger partial charge is 0.354 e. The second-order valence-electron chi connectivity index (χ2n) is 4.31. The highest BCUT2D eigenvalue weighted by molar-refractivity contribution is 5.50. The first-order valence-electron chi connectivity index (χ1n) is 5.65. The van der Waals surface area contributed by atoms with Gasteiger partial charge in [-0.25, -0.2) is 19.3 Å². The molecule has 3 rings (SSSR count). The molecule has 0 saturated carbocycles. The molecule has 2 N–H and O–H groups in total. The van der Waals surface area contributed by atoms with E-state index in [4.69, 9.17) is 0 Å². The molecular formula is C10H14N6O. The lowest BCUT2D eigenvalue weighted by Crippen LogP contribution is -2.49. The summed E-state index contributed by atoms with van der Waals surface area (Å²) in [6, 6.07) is 2.28. The summed E-state index contributed by atoms with van der Waals surface area (Å²) >= 11 is 0. The molecule has 7 heteroatoms. The van der Waals surface area contributed by atoms with Gasteiger partial charge in [0.2, 0.25) is 0 Å². The van der Waals surface area contributed by atoms with Gasteiger partial charge in [-0.3, -0.25) is 0 Å². The fraction of sp³-hybridized carbons (Fsp3) is 0.500. The molecule has 1 atom stereocenters. The van der Waals surface area contributed by atoms with Crippen molar-refractivity contribution in [2.75, 3.05) is 24.5 Å². The lowest BCUT2D eigenvalue weighted by molar-refractivity contribution is 0.482. The number of H-pyrrole nitrogens is 1. The van der Waals surface area contributed by atoms with Crippen LogP contribution in [0.5, 0.6) is 0 Å². The van der Waals surface area contributed by atoms with Gasteiger partial charge in [-0.2, -0.15) is 5.10 Å². The number of fused-ring (bicyclic) bond motifs is 1. The SMILES string of the molecule is C[C@@H]1CN(c2cc3n[nH]c(=O)n3cn2)CCN1. The lowest BCUT2D eigenvalue weighted by atomic mass is 10.2. The predicted octanol–water partition coefficient (Wildman–Crippen LogP) is -0.784. The Morgan fingerprint density at radius 1 is 1.53 bits per heavy atom. The molecule has 0 radical (unpaired) electrons. The number of nitrogens with zero attached hydrogens (tertiary/aromatic N) is 4. The van der Waals surface area contributed by atoms with Crippen LogP contribution in [0, 0.1) is 0 Å². The number of hydrogen-bond donors (Lipinski definition) is 2. The van der Waals surface area contributed by atoms with E-state index in [2.05, 4.69) is 32.3 Å². The monoisotopic (exact) mass is 234 g/mol. The first-order valence-corrected chi connectivity index (χ1v) is 5.65. The zero-order valence-electron chi connectivity index (χ0n) is 9.55. The molecule has 1 fully saturated rings. The minimum absolute atomic E-state index is 0.257. The van der Waals surface area contributed by atoms with Crippen molar-refractivity contribution in [2.24, 2.45) is 0 Å². The molecule has 2 aromatic rings. The lowest BCUT2D eigenvalue weighted by Gasteiger charge is -2.32.